The molecule has 0 saturated carbocycles. The van der Waals surface area contributed by atoms with E-state index in [-0.39, 0.29) is 38.4 Å². The van der Waals surface area contributed by atoms with Crippen LogP contribution in [-0.4, -0.2) is 84.0 Å². The van der Waals surface area contributed by atoms with E-state index in [1.807, 2.05) is 0 Å². The minimum atomic E-state index is -1.79. The van der Waals surface area contributed by atoms with Gasteiger partial charge in [0.25, 0.3) is 11.8 Å². The molecule has 0 aliphatic carbocycles. The SMILES string of the molecule is COC(=O)[C@H](Cc1ccc(Br)c2nccn12)NC(=O)c1c(F)cccc1F.O=C(N[C@@H](Cc1ccc(-c2c(Cl)cc(F)cc2Cl)c2nccn12)C(=O)O)c1c(F)cccc1F.OB(O)c1c(Cl)cc(F)cc1Cl. The average Bonchev–Trinajstić information content (AvgIpc) is 4.02. The lowest BCUT2D eigenvalue weighted by Crippen LogP contribution is -2.44. The van der Waals surface area contributed by atoms with Crippen molar-refractivity contribution in [3.05, 3.63) is 192 Å². The Bertz CT molecular complexity index is 3330. The van der Waals surface area contributed by atoms with Crippen molar-refractivity contribution in [3.8, 4) is 11.1 Å². The number of hydrogen-bond donors (Lipinski definition) is 5. The zero-order chi connectivity index (χ0) is 53.4. The van der Waals surface area contributed by atoms with Crippen LogP contribution in [0.25, 0.3) is 22.4 Å². The molecular weight excluding hydrogens is 1120 g/mol. The third kappa shape index (κ3) is 13.1. The minimum Gasteiger partial charge on any atom is -0.480 e. The molecule has 4 heterocycles. The third-order valence-corrected chi connectivity index (χ3v) is 12.2. The van der Waals surface area contributed by atoms with E-state index in [1.54, 1.807) is 51.7 Å². The molecule has 73 heavy (non-hydrogen) atoms. The molecular formula is C47H32BBrCl4F6N6O8. The Kier molecular flexibility index (Phi) is 18.6. The highest BCUT2D eigenvalue weighted by Crippen LogP contribution is 2.38. The van der Waals surface area contributed by atoms with Crippen LogP contribution in [0.4, 0.5) is 26.3 Å². The van der Waals surface area contributed by atoms with Gasteiger partial charge < -0.3 is 39.3 Å². The summed E-state index contributed by atoms with van der Waals surface area (Å²) in [4.78, 5) is 57.2. The van der Waals surface area contributed by atoms with Gasteiger partial charge in [0.1, 0.15) is 63.8 Å². The number of benzene rings is 4. The van der Waals surface area contributed by atoms with Gasteiger partial charge in [-0.05, 0) is 88.7 Å². The van der Waals surface area contributed by atoms with Gasteiger partial charge in [-0.2, -0.15) is 0 Å². The number of carboxylic acids is 1. The molecule has 2 amide bonds. The number of imidazole rings is 2. The lowest BCUT2D eigenvalue weighted by atomic mass is 9.80. The Morgan fingerprint density at radius 3 is 1.55 bits per heavy atom. The third-order valence-electron chi connectivity index (χ3n) is 10.4. The second-order valence-corrected chi connectivity index (χ2v) is 17.6. The normalized spacial score (nSPS) is 11.7. The van der Waals surface area contributed by atoms with Crippen LogP contribution in [0.1, 0.15) is 32.1 Å². The summed E-state index contributed by atoms with van der Waals surface area (Å²) in [6, 6.07) is 14.1. The van der Waals surface area contributed by atoms with Crippen LogP contribution < -0.4 is 16.1 Å². The summed E-state index contributed by atoms with van der Waals surface area (Å²) in [6.07, 6.45) is 6.09. The van der Waals surface area contributed by atoms with Crippen LogP contribution in [0, 0.1) is 34.9 Å². The Hall–Kier alpha value is -6.66. The fourth-order valence-electron chi connectivity index (χ4n) is 7.08. The predicted octanol–water partition coefficient (Wildman–Crippen LogP) is 8.85. The first-order chi connectivity index (χ1) is 34.6. The molecule has 378 valence electrons. The summed E-state index contributed by atoms with van der Waals surface area (Å²) in [5.41, 5.74) is 1.12. The van der Waals surface area contributed by atoms with Gasteiger partial charge in [0.15, 0.2) is 5.65 Å². The van der Waals surface area contributed by atoms with Crippen molar-refractivity contribution in [1.29, 1.82) is 0 Å². The van der Waals surface area contributed by atoms with E-state index in [9.17, 15) is 50.6 Å². The number of hydrogen-bond acceptors (Lipinski definition) is 9. The van der Waals surface area contributed by atoms with Gasteiger partial charge in [-0.1, -0.05) is 58.5 Å². The molecule has 0 radical (unpaired) electrons. The Morgan fingerprint density at radius 1 is 0.658 bits per heavy atom. The predicted molar refractivity (Wildman–Crippen MR) is 262 cm³/mol. The van der Waals surface area contributed by atoms with Crippen LogP contribution >= 0.6 is 62.3 Å². The maximum Gasteiger partial charge on any atom is 0.491 e. The van der Waals surface area contributed by atoms with Crippen molar-refractivity contribution in [1.82, 2.24) is 29.4 Å². The van der Waals surface area contributed by atoms with Crippen molar-refractivity contribution in [2.24, 2.45) is 0 Å². The molecule has 14 nitrogen and oxygen atoms in total. The van der Waals surface area contributed by atoms with Gasteiger partial charge in [-0.15, -0.1) is 0 Å². The highest BCUT2D eigenvalue weighted by atomic mass is 79.9. The van der Waals surface area contributed by atoms with Crippen LogP contribution in [-0.2, 0) is 27.2 Å². The second kappa shape index (κ2) is 24.4. The highest BCUT2D eigenvalue weighted by molar-refractivity contribution is 9.10. The maximum atomic E-state index is 13.9. The van der Waals surface area contributed by atoms with E-state index in [0.29, 0.717) is 33.8 Å². The number of carboxylic acid groups (broad SMARTS) is 1. The van der Waals surface area contributed by atoms with Crippen molar-refractivity contribution in [2.45, 2.75) is 24.9 Å². The standard InChI is InChI=1S/C23H14Cl2F3N3O3.C18H14BrF2N3O3.C6H4BCl2FO2/c24-14-8-11(26)9-15(25)19(14)13-5-4-12(31-7-6-29-21(13)31)10-18(23(33)34)30-22(32)20-16(27)2-1-3-17(20)28;1-27-18(26)14(23-17(25)15-12(20)3-2-4-13(15)21)9-10-5-6-11(19)16-22-7-8-24(10)16;8-4-1-3(10)2-5(9)6(4)7(11)12/h1-9,18H,10H2,(H,30,32)(H,33,34);2-8,14H,9H2,1H3,(H,23,25);1-2,11-12H/t18-;14-;/m00./s1. The van der Waals surface area contributed by atoms with Crippen molar-refractivity contribution in [3.63, 3.8) is 0 Å². The second-order valence-electron chi connectivity index (χ2n) is 15.1. The summed E-state index contributed by atoms with van der Waals surface area (Å²) < 4.78 is 90.5. The largest absolute Gasteiger partial charge is 0.491 e. The molecule has 0 bridgehead atoms. The summed E-state index contributed by atoms with van der Waals surface area (Å²) in [6.45, 7) is 0. The number of pyridine rings is 2. The highest BCUT2D eigenvalue weighted by Gasteiger charge is 2.29. The topological polar surface area (TPSA) is 197 Å². The number of nitrogens with zero attached hydrogens (tertiary/aromatic N) is 4. The Balaban J connectivity index is 0.000000198. The van der Waals surface area contributed by atoms with Gasteiger partial charge >= 0.3 is 19.1 Å². The number of ether oxygens (including phenoxy) is 1. The number of rotatable bonds is 12. The first-order valence-corrected chi connectivity index (χ1v) is 22.9. The molecule has 0 aliphatic rings. The quantitative estimate of drug-likeness (QED) is 0.0448. The van der Waals surface area contributed by atoms with Crippen molar-refractivity contribution >= 4 is 110 Å². The zero-order valence-corrected chi connectivity index (χ0v) is 41.5. The zero-order valence-electron chi connectivity index (χ0n) is 36.9. The van der Waals surface area contributed by atoms with Crippen molar-refractivity contribution < 1.29 is 65.4 Å². The van der Waals surface area contributed by atoms with E-state index in [1.165, 1.54) is 13.3 Å². The first-order valence-electron chi connectivity index (χ1n) is 20.6. The number of methoxy groups -OCH3 is 1. The van der Waals surface area contributed by atoms with Crippen LogP contribution in [0.15, 0.2) is 114 Å². The number of carbonyl (C=O) groups is 4. The number of amides is 2. The van der Waals surface area contributed by atoms with E-state index >= 15 is 0 Å². The number of halogens is 11. The maximum absolute atomic E-state index is 13.9. The lowest BCUT2D eigenvalue weighted by Gasteiger charge is -2.18. The van der Waals surface area contributed by atoms with E-state index < -0.39 is 89.0 Å². The monoisotopic (exact) mass is 1150 g/mol. The smallest absolute Gasteiger partial charge is 0.480 e. The number of fused-ring (bicyclic) bond motifs is 2. The van der Waals surface area contributed by atoms with E-state index in [0.717, 1.165) is 65.1 Å². The van der Waals surface area contributed by atoms with Gasteiger partial charge in [-0.25, -0.2) is 45.9 Å². The van der Waals surface area contributed by atoms with Gasteiger partial charge in [0.05, 0.1) is 21.6 Å². The number of esters is 1. The molecule has 8 rings (SSSR count). The Labute approximate surface area is 437 Å². The molecule has 0 aliphatic heterocycles. The Morgan fingerprint density at radius 2 is 1.08 bits per heavy atom. The molecule has 4 aromatic heterocycles. The van der Waals surface area contributed by atoms with Gasteiger partial charge in [0.2, 0.25) is 0 Å². The molecule has 8 aromatic rings. The van der Waals surface area contributed by atoms with E-state index in [4.69, 9.17) is 61.2 Å². The van der Waals surface area contributed by atoms with Crippen LogP contribution in [0.3, 0.4) is 0 Å². The van der Waals surface area contributed by atoms with Gasteiger partial charge in [0, 0.05) is 75.7 Å². The van der Waals surface area contributed by atoms with Crippen molar-refractivity contribution in [2.75, 3.05) is 7.11 Å². The van der Waals surface area contributed by atoms with Gasteiger partial charge in [-0.3, -0.25) is 9.59 Å². The summed E-state index contributed by atoms with van der Waals surface area (Å²) in [7, 11) is -0.620. The first kappa shape index (κ1) is 55.7. The molecule has 0 unspecified atom stereocenters. The number of carbonyl (C=O) groups excluding carboxylic acids is 3. The molecule has 0 fully saturated rings. The molecule has 0 saturated heterocycles. The average molecular weight is 1160 g/mol. The fourth-order valence-corrected chi connectivity index (χ4v) is 8.82. The minimum absolute atomic E-state index is 0.0363. The van der Waals surface area contributed by atoms with E-state index in [2.05, 4.69) is 36.5 Å². The molecule has 5 N–H and O–H groups in total. The van der Waals surface area contributed by atoms with Crippen LogP contribution in [0.2, 0.25) is 20.1 Å². The number of aromatic nitrogens is 4. The summed E-state index contributed by atoms with van der Waals surface area (Å²) >= 11 is 26.7. The summed E-state index contributed by atoms with van der Waals surface area (Å²) in [5.74, 6) is -9.88. The lowest BCUT2D eigenvalue weighted by molar-refractivity contribution is -0.143. The summed E-state index contributed by atoms with van der Waals surface area (Å²) in [5, 5.41) is 31.5. The number of nitrogens with one attached hydrogen (secondary N) is 2. The molecule has 26 heteroatoms. The molecule has 0 spiro atoms. The van der Waals surface area contributed by atoms with Crippen LogP contribution in [0.5, 0.6) is 0 Å². The molecule has 2 atom stereocenters. The fraction of sp³-hybridized carbons (Fsp3) is 0.106. The molecule has 4 aromatic carbocycles. The number of aliphatic carboxylic acids is 1.